The molecule has 8 heteroatoms. The Morgan fingerprint density at radius 2 is 2.04 bits per heavy atom. The van der Waals surface area contributed by atoms with Crippen molar-refractivity contribution in [1.82, 2.24) is 19.8 Å². The van der Waals surface area contributed by atoms with Gasteiger partial charge in [0.15, 0.2) is 5.76 Å². The second kappa shape index (κ2) is 5.81. The first-order valence-electron chi connectivity index (χ1n) is 6.60. The van der Waals surface area contributed by atoms with Crippen molar-refractivity contribution in [3.8, 4) is 11.6 Å². The van der Waals surface area contributed by atoms with Crippen LogP contribution in [0.25, 0.3) is 28.7 Å². The standard InChI is InChI=1S/C15H8Cl2N4OS/c16-10-5-3-9(11(17)8-10)4-6-13-20-21-14(12-2-1-7-22-12)18-19-15(21)23-13/h1-8H. The minimum absolute atomic E-state index is 0.574. The first-order chi connectivity index (χ1) is 11.2. The summed E-state index contributed by atoms with van der Waals surface area (Å²) in [5.41, 5.74) is 0.869. The molecule has 0 saturated carbocycles. The molecular formula is C15H8Cl2N4OS. The van der Waals surface area contributed by atoms with Crippen LogP contribution in [-0.4, -0.2) is 19.8 Å². The summed E-state index contributed by atoms with van der Waals surface area (Å²) in [5, 5.41) is 14.7. The lowest BCUT2D eigenvalue weighted by Gasteiger charge is -1.97. The molecular weight excluding hydrogens is 355 g/mol. The van der Waals surface area contributed by atoms with E-state index in [4.69, 9.17) is 27.6 Å². The van der Waals surface area contributed by atoms with Gasteiger partial charge in [0.2, 0.25) is 10.8 Å². The second-order valence-electron chi connectivity index (χ2n) is 4.63. The highest BCUT2D eigenvalue weighted by atomic mass is 35.5. The number of furan rings is 1. The van der Waals surface area contributed by atoms with Gasteiger partial charge in [-0.2, -0.15) is 9.61 Å². The zero-order valence-electron chi connectivity index (χ0n) is 11.5. The smallest absolute Gasteiger partial charge is 0.235 e. The summed E-state index contributed by atoms with van der Waals surface area (Å²) in [6, 6.07) is 8.97. The van der Waals surface area contributed by atoms with Crippen LogP contribution in [0.5, 0.6) is 0 Å². The minimum atomic E-state index is 0.574. The topological polar surface area (TPSA) is 56.2 Å². The van der Waals surface area contributed by atoms with E-state index in [2.05, 4.69) is 15.3 Å². The van der Waals surface area contributed by atoms with E-state index in [0.29, 0.717) is 26.6 Å². The number of hydrogen-bond donors (Lipinski definition) is 0. The van der Waals surface area contributed by atoms with E-state index >= 15 is 0 Å². The molecule has 0 atom stereocenters. The van der Waals surface area contributed by atoms with Crippen molar-refractivity contribution in [3.05, 3.63) is 57.2 Å². The molecule has 0 saturated heterocycles. The monoisotopic (exact) mass is 362 g/mol. The first kappa shape index (κ1) is 14.4. The Morgan fingerprint density at radius 1 is 1.13 bits per heavy atom. The Hall–Kier alpha value is -2.15. The molecule has 114 valence electrons. The van der Waals surface area contributed by atoms with E-state index in [0.717, 1.165) is 10.6 Å². The van der Waals surface area contributed by atoms with E-state index in [9.17, 15) is 0 Å². The number of aromatic nitrogens is 4. The largest absolute Gasteiger partial charge is 0.461 e. The van der Waals surface area contributed by atoms with Crippen molar-refractivity contribution < 1.29 is 4.42 Å². The first-order valence-corrected chi connectivity index (χ1v) is 8.17. The Bertz CT molecular complexity index is 1000. The molecule has 0 aliphatic heterocycles. The molecule has 4 rings (SSSR count). The summed E-state index contributed by atoms with van der Waals surface area (Å²) >= 11 is 13.5. The van der Waals surface area contributed by atoms with Crippen LogP contribution in [0.1, 0.15) is 10.6 Å². The van der Waals surface area contributed by atoms with Gasteiger partial charge in [-0.05, 0) is 35.9 Å². The lowest BCUT2D eigenvalue weighted by Crippen LogP contribution is -1.89. The van der Waals surface area contributed by atoms with Gasteiger partial charge in [-0.1, -0.05) is 46.7 Å². The van der Waals surface area contributed by atoms with Gasteiger partial charge >= 0.3 is 0 Å². The average Bonchev–Trinajstić information content (AvgIpc) is 3.22. The molecule has 3 aromatic heterocycles. The molecule has 4 aromatic rings. The average molecular weight is 363 g/mol. The SMILES string of the molecule is Clc1ccc(C=Cc2nn3c(-c4ccco4)nnc3s2)c(Cl)c1. The van der Waals surface area contributed by atoms with Crippen molar-refractivity contribution in [3.63, 3.8) is 0 Å². The normalized spacial score (nSPS) is 11.7. The lowest BCUT2D eigenvalue weighted by atomic mass is 10.2. The van der Waals surface area contributed by atoms with Crippen LogP contribution in [0.15, 0.2) is 41.0 Å². The van der Waals surface area contributed by atoms with Gasteiger partial charge in [0.25, 0.3) is 0 Å². The number of fused-ring (bicyclic) bond motifs is 1. The van der Waals surface area contributed by atoms with Crippen LogP contribution in [0.4, 0.5) is 0 Å². The fourth-order valence-electron chi connectivity index (χ4n) is 2.06. The number of rotatable bonds is 3. The molecule has 0 spiro atoms. The third-order valence-corrected chi connectivity index (χ3v) is 4.54. The third kappa shape index (κ3) is 2.76. The molecule has 1 aromatic carbocycles. The molecule has 0 aliphatic carbocycles. The van der Waals surface area contributed by atoms with Crippen molar-refractivity contribution in [2.24, 2.45) is 0 Å². The maximum Gasteiger partial charge on any atom is 0.235 e. The molecule has 0 amide bonds. The number of benzene rings is 1. The van der Waals surface area contributed by atoms with E-state index in [-0.39, 0.29) is 0 Å². The van der Waals surface area contributed by atoms with Crippen LogP contribution in [0.2, 0.25) is 10.0 Å². The van der Waals surface area contributed by atoms with E-state index in [1.54, 1.807) is 29.0 Å². The molecule has 0 N–H and O–H groups in total. The Balaban J connectivity index is 1.69. The van der Waals surface area contributed by atoms with E-state index < -0.39 is 0 Å². The van der Waals surface area contributed by atoms with Crippen LogP contribution in [-0.2, 0) is 0 Å². The summed E-state index contributed by atoms with van der Waals surface area (Å²) in [6.07, 6.45) is 5.35. The lowest BCUT2D eigenvalue weighted by molar-refractivity contribution is 0.575. The molecule has 5 nitrogen and oxygen atoms in total. The summed E-state index contributed by atoms with van der Waals surface area (Å²) in [6.45, 7) is 0. The Labute approximate surface area is 144 Å². The fraction of sp³-hybridized carbons (Fsp3) is 0. The minimum Gasteiger partial charge on any atom is -0.461 e. The molecule has 0 fully saturated rings. The summed E-state index contributed by atoms with van der Waals surface area (Å²) in [5.74, 6) is 1.20. The van der Waals surface area contributed by atoms with Gasteiger partial charge in [-0.15, -0.1) is 10.2 Å². The number of nitrogens with zero attached hydrogens (tertiary/aromatic N) is 4. The molecule has 23 heavy (non-hydrogen) atoms. The van der Waals surface area contributed by atoms with Gasteiger partial charge < -0.3 is 4.42 Å². The molecule has 0 bridgehead atoms. The molecule has 0 aliphatic rings. The molecule has 0 unspecified atom stereocenters. The maximum absolute atomic E-state index is 6.15. The highest BCUT2D eigenvalue weighted by Gasteiger charge is 2.14. The quantitative estimate of drug-likeness (QED) is 0.518. The highest BCUT2D eigenvalue weighted by Crippen LogP contribution is 2.25. The summed E-state index contributed by atoms with van der Waals surface area (Å²) < 4.78 is 7.00. The highest BCUT2D eigenvalue weighted by molar-refractivity contribution is 7.17. The maximum atomic E-state index is 6.15. The zero-order valence-corrected chi connectivity index (χ0v) is 13.8. The molecule has 0 radical (unpaired) electrons. The van der Waals surface area contributed by atoms with E-state index in [1.165, 1.54) is 11.3 Å². The fourth-order valence-corrected chi connectivity index (χ4v) is 3.27. The van der Waals surface area contributed by atoms with Crippen LogP contribution < -0.4 is 0 Å². The number of halogens is 2. The zero-order chi connectivity index (χ0) is 15.8. The van der Waals surface area contributed by atoms with Gasteiger partial charge in [0, 0.05) is 10.0 Å². The Kier molecular flexibility index (Phi) is 3.65. The summed E-state index contributed by atoms with van der Waals surface area (Å²) in [7, 11) is 0. The predicted molar refractivity (Wildman–Crippen MR) is 91.8 cm³/mol. The van der Waals surface area contributed by atoms with Gasteiger partial charge in [0.1, 0.15) is 5.01 Å². The van der Waals surface area contributed by atoms with Crippen molar-refractivity contribution in [2.75, 3.05) is 0 Å². The van der Waals surface area contributed by atoms with Gasteiger partial charge in [-0.25, -0.2) is 0 Å². The molecule has 3 heterocycles. The predicted octanol–water partition coefficient (Wildman–Crippen LogP) is 4.92. The van der Waals surface area contributed by atoms with Gasteiger partial charge in [0.05, 0.1) is 6.26 Å². The van der Waals surface area contributed by atoms with Crippen LogP contribution in [0, 0.1) is 0 Å². The Morgan fingerprint density at radius 3 is 2.83 bits per heavy atom. The third-order valence-electron chi connectivity index (χ3n) is 3.12. The van der Waals surface area contributed by atoms with Crippen molar-refractivity contribution >= 4 is 51.7 Å². The van der Waals surface area contributed by atoms with Crippen LogP contribution >= 0.6 is 34.5 Å². The van der Waals surface area contributed by atoms with E-state index in [1.807, 2.05) is 24.3 Å². The van der Waals surface area contributed by atoms with Gasteiger partial charge in [-0.3, -0.25) is 0 Å². The van der Waals surface area contributed by atoms with Crippen molar-refractivity contribution in [1.29, 1.82) is 0 Å². The number of hydrogen-bond acceptors (Lipinski definition) is 5. The second-order valence-corrected chi connectivity index (χ2v) is 6.47. The summed E-state index contributed by atoms with van der Waals surface area (Å²) in [4.78, 5) is 0.693. The van der Waals surface area contributed by atoms with Crippen LogP contribution in [0.3, 0.4) is 0 Å². The van der Waals surface area contributed by atoms with Crippen molar-refractivity contribution in [2.45, 2.75) is 0 Å².